The molecule has 1 aromatic heterocycles. The third-order valence-electron chi connectivity index (χ3n) is 3.76. The zero-order chi connectivity index (χ0) is 13.2. The van der Waals surface area contributed by atoms with E-state index in [4.69, 9.17) is 10.5 Å². The number of nitrogens with zero attached hydrogens (tertiary/aromatic N) is 2. The minimum Gasteiger partial charge on any atom is -0.494 e. The maximum atomic E-state index is 6.28. The third-order valence-corrected chi connectivity index (χ3v) is 3.76. The monoisotopic (exact) mass is 257 g/mol. The van der Waals surface area contributed by atoms with Gasteiger partial charge in [-0.15, -0.1) is 0 Å². The van der Waals surface area contributed by atoms with Crippen molar-refractivity contribution in [3.63, 3.8) is 0 Å². The fraction of sp³-hybridized carbons (Fsp3) is 0.400. The largest absolute Gasteiger partial charge is 0.494 e. The molecule has 0 aliphatic carbocycles. The van der Waals surface area contributed by atoms with E-state index < -0.39 is 0 Å². The molecule has 0 bridgehead atoms. The molecular formula is C15H19N3O. The van der Waals surface area contributed by atoms with Crippen LogP contribution in [0.1, 0.15) is 19.3 Å². The Morgan fingerprint density at radius 2 is 2.05 bits per heavy atom. The number of piperidine rings is 1. The number of anilines is 2. The third kappa shape index (κ3) is 2.07. The molecule has 0 radical (unpaired) electrons. The van der Waals surface area contributed by atoms with E-state index in [1.54, 1.807) is 7.11 Å². The van der Waals surface area contributed by atoms with Crippen LogP contribution in [0.3, 0.4) is 0 Å². The number of rotatable bonds is 2. The minimum atomic E-state index is 0.704. The summed E-state index contributed by atoms with van der Waals surface area (Å²) in [6, 6.07) is 5.96. The summed E-state index contributed by atoms with van der Waals surface area (Å²) in [5.74, 6) is 0.737. The van der Waals surface area contributed by atoms with E-state index in [0.717, 1.165) is 35.4 Å². The number of ether oxygens (including phenoxy) is 1. The van der Waals surface area contributed by atoms with Crippen molar-refractivity contribution >= 4 is 22.3 Å². The molecule has 0 saturated carbocycles. The molecule has 0 amide bonds. The average molecular weight is 257 g/mol. The van der Waals surface area contributed by atoms with Crippen LogP contribution in [0, 0.1) is 0 Å². The number of fused-ring (bicyclic) bond motifs is 1. The van der Waals surface area contributed by atoms with Gasteiger partial charge in [-0.2, -0.15) is 0 Å². The Bertz CT molecular complexity index is 591. The molecule has 1 saturated heterocycles. The van der Waals surface area contributed by atoms with E-state index in [9.17, 15) is 0 Å². The maximum absolute atomic E-state index is 6.28. The molecule has 3 rings (SSSR count). The van der Waals surface area contributed by atoms with Crippen LogP contribution in [0.4, 0.5) is 11.4 Å². The molecule has 1 aromatic carbocycles. The summed E-state index contributed by atoms with van der Waals surface area (Å²) >= 11 is 0. The zero-order valence-corrected chi connectivity index (χ0v) is 11.2. The Labute approximate surface area is 113 Å². The number of methoxy groups -OCH3 is 1. The first-order chi connectivity index (χ1) is 9.31. The Morgan fingerprint density at radius 3 is 2.79 bits per heavy atom. The second-order valence-electron chi connectivity index (χ2n) is 4.96. The quantitative estimate of drug-likeness (QED) is 0.840. The Hall–Kier alpha value is -1.97. The molecule has 2 N–H and O–H groups in total. The highest BCUT2D eigenvalue weighted by molar-refractivity contribution is 6.00. The Morgan fingerprint density at radius 1 is 1.26 bits per heavy atom. The van der Waals surface area contributed by atoms with E-state index in [-0.39, 0.29) is 0 Å². The van der Waals surface area contributed by atoms with Gasteiger partial charge in [0.05, 0.1) is 18.3 Å². The lowest BCUT2D eigenvalue weighted by molar-refractivity contribution is 0.417. The van der Waals surface area contributed by atoms with Gasteiger partial charge in [-0.25, -0.2) is 0 Å². The highest BCUT2D eigenvalue weighted by Gasteiger charge is 2.20. The van der Waals surface area contributed by atoms with Gasteiger partial charge in [0.25, 0.3) is 0 Å². The summed E-state index contributed by atoms with van der Waals surface area (Å²) in [5, 5.41) is 1.08. The number of benzene rings is 1. The predicted octanol–water partition coefficient (Wildman–Crippen LogP) is 2.82. The van der Waals surface area contributed by atoms with E-state index >= 15 is 0 Å². The van der Waals surface area contributed by atoms with Crippen LogP contribution >= 0.6 is 0 Å². The van der Waals surface area contributed by atoms with Crippen LogP contribution in [0.15, 0.2) is 24.4 Å². The van der Waals surface area contributed by atoms with Crippen molar-refractivity contribution in [3.05, 3.63) is 24.4 Å². The minimum absolute atomic E-state index is 0.704. The standard InChI is InChI=1S/C15H19N3O/c1-19-12-10-11-6-5-7-17-14(11)15(13(12)16)18-8-3-2-4-9-18/h5-7,10H,2-4,8-9,16H2,1H3. The molecule has 0 unspecified atom stereocenters. The number of hydrogen-bond acceptors (Lipinski definition) is 4. The van der Waals surface area contributed by atoms with Gasteiger partial charge in [0, 0.05) is 24.7 Å². The van der Waals surface area contributed by atoms with Crippen LogP contribution in [-0.4, -0.2) is 25.2 Å². The first kappa shape index (κ1) is 12.1. The van der Waals surface area contributed by atoms with Crippen LogP contribution in [0.2, 0.25) is 0 Å². The van der Waals surface area contributed by atoms with Crippen LogP contribution in [-0.2, 0) is 0 Å². The summed E-state index contributed by atoms with van der Waals surface area (Å²) in [4.78, 5) is 6.86. The van der Waals surface area contributed by atoms with Crippen molar-refractivity contribution in [2.24, 2.45) is 0 Å². The average Bonchev–Trinajstić information content (AvgIpc) is 2.47. The number of nitrogen functional groups attached to an aromatic ring is 1. The molecule has 19 heavy (non-hydrogen) atoms. The molecule has 4 heteroatoms. The van der Waals surface area contributed by atoms with Gasteiger partial charge in [-0.05, 0) is 31.4 Å². The van der Waals surface area contributed by atoms with E-state index in [1.165, 1.54) is 19.3 Å². The molecule has 0 spiro atoms. The van der Waals surface area contributed by atoms with Gasteiger partial charge in [-0.3, -0.25) is 4.98 Å². The zero-order valence-electron chi connectivity index (χ0n) is 11.2. The highest BCUT2D eigenvalue weighted by Crippen LogP contribution is 2.39. The van der Waals surface area contributed by atoms with Gasteiger partial charge >= 0.3 is 0 Å². The second kappa shape index (κ2) is 4.96. The van der Waals surface area contributed by atoms with Gasteiger partial charge < -0.3 is 15.4 Å². The van der Waals surface area contributed by atoms with Crippen molar-refractivity contribution in [1.29, 1.82) is 0 Å². The molecule has 1 aliphatic heterocycles. The fourth-order valence-corrected chi connectivity index (χ4v) is 2.80. The van der Waals surface area contributed by atoms with Gasteiger partial charge in [0.2, 0.25) is 0 Å². The number of aromatic nitrogens is 1. The molecule has 1 aliphatic rings. The number of hydrogen-bond donors (Lipinski definition) is 1. The lowest BCUT2D eigenvalue weighted by Gasteiger charge is -2.31. The topological polar surface area (TPSA) is 51.4 Å². The van der Waals surface area contributed by atoms with Crippen molar-refractivity contribution < 1.29 is 4.74 Å². The van der Waals surface area contributed by atoms with Crippen molar-refractivity contribution in [2.45, 2.75) is 19.3 Å². The summed E-state index contributed by atoms with van der Waals surface area (Å²) < 4.78 is 5.41. The fourth-order valence-electron chi connectivity index (χ4n) is 2.80. The van der Waals surface area contributed by atoms with Gasteiger partial charge in [-0.1, -0.05) is 6.07 Å². The molecule has 2 heterocycles. The molecule has 1 fully saturated rings. The summed E-state index contributed by atoms with van der Waals surface area (Å²) in [5.41, 5.74) is 9.00. The summed E-state index contributed by atoms with van der Waals surface area (Å²) in [6.45, 7) is 2.09. The van der Waals surface area contributed by atoms with Crippen molar-refractivity contribution in [2.75, 3.05) is 30.8 Å². The SMILES string of the molecule is COc1cc2cccnc2c(N2CCCCC2)c1N. The van der Waals surface area contributed by atoms with Gasteiger partial charge in [0.15, 0.2) is 0 Å². The smallest absolute Gasteiger partial charge is 0.144 e. The van der Waals surface area contributed by atoms with Crippen LogP contribution < -0.4 is 15.4 Å². The first-order valence-electron chi connectivity index (χ1n) is 6.77. The Kier molecular flexibility index (Phi) is 3.15. The molecule has 0 atom stereocenters. The van der Waals surface area contributed by atoms with Crippen molar-refractivity contribution in [3.8, 4) is 5.75 Å². The number of pyridine rings is 1. The van der Waals surface area contributed by atoms with Crippen LogP contribution in [0.25, 0.3) is 10.9 Å². The molecular weight excluding hydrogens is 238 g/mol. The van der Waals surface area contributed by atoms with Crippen molar-refractivity contribution in [1.82, 2.24) is 4.98 Å². The first-order valence-corrected chi connectivity index (χ1v) is 6.77. The number of nitrogens with two attached hydrogens (primary N) is 1. The lowest BCUT2D eigenvalue weighted by Crippen LogP contribution is -2.30. The molecule has 4 nitrogen and oxygen atoms in total. The summed E-state index contributed by atoms with van der Waals surface area (Å²) in [7, 11) is 1.66. The summed E-state index contributed by atoms with van der Waals surface area (Å²) in [6.07, 6.45) is 5.55. The van der Waals surface area contributed by atoms with Gasteiger partial charge in [0.1, 0.15) is 11.4 Å². The molecule has 100 valence electrons. The Balaban J connectivity index is 2.21. The van der Waals surface area contributed by atoms with Crippen LogP contribution in [0.5, 0.6) is 5.75 Å². The van der Waals surface area contributed by atoms with E-state index in [0.29, 0.717) is 5.69 Å². The molecule has 2 aromatic rings. The van der Waals surface area contributed by atoms with E-state index in [2.05, 4.69) is 16.0 Å². The predicted molar refractivity (Wildman–Crippen MR) is 78.8 cm³/mol. The second-order valence-corrected chi connectivity index (χ2v) is 4.96. The maximum Gasteiger partial charge on any atom is 0.144 e. The lowest BCUT2D eigenvalue weighted by atomic mass is 10.1. The normalized spacial score (nSPS) is 15.7. The highest BCUT2D eigenvalue weighted by atomic mass is 16.5. The van der Waals surface area contributed by atoms with E-state index in [1.807, 2.05) is 18.3 Å².